The molecule has 0 aliphatic heterocycles. The number of halogens is 2. The summed E-state index contributed by atoms with van der Waals surface area (Å²) in [5.74, 6) is -6.95. The Balaban J connectivity index is 0.00000226. The fourth-order valence-corrected chi connectivity index (χ4v) is 6.22. The van der Waals surface area contributed by atoms with Gasteiger partial charge in [-0.05, 0) is 51.4 Å². The number of Topliss-reactive ketones (excluding diaryl/α,β-unsaturated/α-hetero) is 2. The number of carbonyl (C=O) groups is 3. The van der Waals surface area contributed by atoms with Crippen LogP contribution in [0.1, 0.15) is 30.0 Å². The summed E-state index contributed by atoms with van der Waals surface area (Å²) in [5.41, 5.74) is 3.17. The van der Waals surface area contributed by atoms with Crippen molar-refractivity contribution in [2.75, 3.05) is 39.8 Å². The first-order valence-corrected chi connectivity index (χ1v) is 12.7. The molecule has 1 amide bonds. The zero-order valence-electron chi connectivity index (χ0n) is 24.0. The van der Waals surface area contributed by atoms with E-state index in [0.717, 1.165) is 0 Å². The molecule has 2 unspecified atom stereocenters. The number of phenols is 1. The van der Waals surface area contributed by atoms with Crippen molar-refractivity contribution in [1.29, 1.82) is 0.594 Å². The molecule has 7 N–H and O–H groups in total. The molecule has 0 bridgehead atoms. The van der Waals surface area contributed by atoms with E-state index in [4.69, 9.17) is 6.33 Å². The lowest BCUT2D eigenvalue weighted by Gasteiger charge is -2.50. The highest BCUT2D eigenvalue weighted by atomic mass is 127. The summed E-state index contributed by atoms with van der Waals surface area (Å²) in [4.78, 5) is 42.5. The number of aliphatic hydroxyl groups excluding tert-OH is 2. The van der Waals surface area contributed by atoms with Gasteiger partial charge in [0.25, 0.3) is 5.91 Å². The molecule has 3 aliphatic carbocycles. The fraction of sp³-hybridized carbons (Fsp3) is 0.519. The molecular weight excluding hydrogens is 638 g/mol. The number of nitrogens with zero attached hydrogens (tertiary/aromatic N) is 2. The van der Waals surface area contributed by atoms with Crippen LogP contribution in [0.4, 0.5) is 10.1 Å². The van der Waals surface area contributed by atoms with E-state index in [9.17, 15) is 39.2 Å². The number of hydrogen-bond donors (Lipinski definition) is 6. The minimum Gasteiger partial charge on any atom is -0.508 e. The molecule has 1 saturated carbocycles. The van der Waals surface area contributed by atoms with Crippen LogP contribution in [-0.2, 0) is 27.3 Å². The lowest BCUT2D eigenvalue weighted by molar-refractivity contribution is -0.153. The Morgan fingerprint density at radius 1 is 1.27 bits per heavy atom. The number of fused-ring (bicyclic) bond motifs is 3. The summed E-state index contributed by atoms with van der Waals surface area (Å²) in [6.07, 6.45) is 0.195. The Hall–Kier alpha value is -2.75. The molecule has 0 radical (unpaired) electrons. The minimum atomic E-state index is -2.69. The van der Waals surface area contributed by atoms with E-state index in [-0.39, 0.29) is 36.3 Å². The number of phenolic OH excluding ortho intramolecular Hbond substituents is 1. The molecular formula is C27H36FIN4O7. The molecule has 40 heavy (non-hydrogen) atoms. The molecule has 1 aromatic rings. The third-order valence-electron chi connectivity index (χ3n) is 8.13. The number of carbonyl (C=O) groups excluding carboxylic acids is 3. The highest BCUT2D eigenvalue weighted by Crippen LogP contribution is 2.54. The van der Waals surface area contributed by atoms with Crippen molar-refractivity contribution in [3.63, 3.8) is 0 Å². The molecule has 0 aromatic heterocycles. The largest absolute Gasteiger partial charge is 0.508 e. The van der Waals surface area contributed by atoms with E-state index in [1.54, 1.807) is 46.1 Å². The highest BCUT2D eigenvalue weighted by Gasteiger charge is 2.64. The number of rotatable bonds is 7. The summed E-state index contributed by atoms with van der Waals surface area (Å²) < 4.78 is 18.7. The molecule has 13 heteroatoms. The van der Waals surface area contributed by atoms with Gasteiger partial charge in [-0.15, -0.1) is 23.8 Å². The highest BCUT2D eigenvalue weighted by molar-refractivity contribution is 14.0. The quantitative estimate of drug-likeness (QED) is 0.181. The Labute approximate surface area is 249 Å². The van der Waals surface area contributed by atoms with Crippen molar-refractivity contribution in [3.8, 4) is 5.75 Å². The number of hydrogen-bond acceptors (Lipinski definition) is 10. The maximum absolute atomic E-state index is 14.0. The number of anilines is 1. The second-order valence-corrected chi connectivity index (χ2v) is 11.0. The number of ketones is 2. The predicted octanol–water partition coefficient (Wildman–Crippen LogP) is 1.10. The van der Waals surface area contributed by atoms with Crippen molar-refractivity contribution in [1.82, 2.24) is 10.2 Å². The minimum absolute atomic E-state index is 0.00203. The molecule has 3 aliphatic rings. The van der Waals surface area contributed by atoms with Gasteiger partial charge in [-0.1, -0.05) is 0 Å². The third-order valence-corrected chi connectivity index (χ3v) is 8.13. The number of amides is 1. The Bertz CT molecular complexity index is 1330. The molecule has 220 valence electrons. The third kappa shape index (κ3) is 4.65. The van der Waals surface area contributed by atoms with Gasteiger partial charge in [-0.3, -0.25) is 19.3 Å². The first-order chi connectivity index (χ1) is 19.2. The van der Waals surface area contributed by atoms with E-state index in [1.165, 1.54) is 28.7 Å². The average Bonchev–Trinajstić information content (AvgIpc) is 2.90. The van der Waals surface area contributed by atoms with Crippen LogP contribution in [0, 0.1) is 11.8 Å². The number of likely N-dealkylation sites (N-methyl/N-ethyl adjacent to an activating group) is 1. The normalized spacial score (nSPS) is 26.8. The zero-order valence-corrected chi connectivity index (χ0v) is 25.1. The van der Waals surface area contributed by atoms with Gasteiger partial charge in [-0.2, -0.15) is 0 Å². The van der Waals surface area contributed by atoms with Crippen molar-refractivity contribution < 1.29 is 39.2 Å². The lowest BCUT2D eigenvalue weighted by Crippen LogP contribution is -2.65. The van der Waals surface area contributed by atoms with E-state index in [0.29, 0.717) is 16.8 Å². The van der Waals surface area contributed by atoms with Crippen LogP contribution in [0.5, 0.6) is 5.75 Å². The SMILES string of the molecule is CC(CF)NCc1cc(N(C)C)c2c(c1O)C(O)=C1C(=O)[C@]3(O)C(O)=C(C(N)=O)C(=O)C(N(C)C)[C@@H]3C[C@@H]1C2.[2H]I. The summed E-state index contributed by atoms with van der Waals surface area (Å²) in [5, 5.41) is 48.3. The van der Waals surface area contributed by atoms with Crippen LogP contribution in [0.2, 0.25) is 0 Å². The fourth-order valence-electron chi connectivity index (χ4n) is 6.22. The van der Waals surface area contributed by atoms with Crippen molar-refractivity contribution in [2.24, 2.45) is 17.6 Å². The zero-order chi connectivity index (χ0) is 31.1. The maximum atomic E-state index is 14.0. The van der Waals surface area contributed by atoms with E-state index in [1.807, 2.05) is 0 Å². The van der Waals surface area contributed by atoms with Crippen LogP contribution in [0.3, 0.4) is 0 Å². The molecule has 0 heterocycles. The Morgan fingerprint density at radius 2 is 1.90 bits per heavy atom. The standard InChI is InChI=1S/C27H35FN4O7.HI/c1-11(9-28)30-10-13-8-16(31(2)3)14-6-12-7-15-20(32(4)5)23(35)19(26(29)38)25(37)27(15,39)24(36)17(12)22(34)18(14)21(13)33;/h8,11-12,15,20,30,33-34,37,39H,6-7,9-10H2,1-5H3,(H2,29,38);1H/t11?,12-,15-,20?,27-;/m0./s1/i/hD. The summed E-state index contributed by atoms with van der Waals surface area (Å²) >= 11 is 1.40. The number of aromatic hydroxyl groups is 1. The van der Waals surface area contributed by atoms with E-state index in [2.05, 4.69) is 5.32 Å². The number of nitrogens with two attached hydrogens (primary N) is 1. The first-order valence-electron chi connectivity index (χ1n) is 13.0. The number of nitrogens with one attached hydrogen (secondary N) is 1. The van der Waals surface area contributed by atoms with Gasteiger partial charge in [0.15, 0.2) is 11.4 Å². The molecule has 11 nitrogen and oxygen atoms in total. The van der Waals surface area contributed by atoms with Gasteiger partial charge in [0.05, 0.1) is 11.6 Å². The van der Waals surface area contributed by atoms with Gasteiger partial charge in [0, 0.05) is 49.4 Å². The molecule has 0 spiro atoms. The molecule has 4 rings (SSSR count). The number of alkyl halides is 1. The smallest absolute Gasteiger partial charge is 0.255 e. The topological polar surface area (TPSA) is 177 Å². The van der Waals surface area contributed by atoms with Crippen LogP contribution in [0.15, 0.2) is 23.0 Å². The van der Waals surface area contributed by atoms with Crippen LogP contribution < -0.4 is 16.0 Å². The van der Waals surface area contributed by atoms with Gasteiger partial charge in [0.2, 0.25) is 5.78 Å². The van der Waals surface area contributed by atoms with E-state index >= 15 is 0 Å². The number of benzene rings is 1. The van der Waals surface area contributed by atoms with Crippen LogP contribution >= 0.6 is 23.8 Å². The molecule has 1 fully saturated rings. The van der Waals surface area contributed by atoms with E-state index < -0.39 is 70.8 Å². The first kappa shape index (κ1) is 30.2. The molecule has 1 aromatic carbocycles. The van der Waals surface area contributed by atoms with Crippen molar-refractivity contribution >= 4 is 52.7 Å². The van der Waals surface area contributed by atoms with Crippen LogP contribution in [0.25, 0.3) is 5.76 Å². The Kier molecular flexibility index (Phi) is 8.50. The maximum Gasteiger partial charge on any atom is 0.255 e. The molecule has 5 atom stereocenters. The van der Waals surface area contributed by atoms with Gasteiger partial charge < -0.3 is 36.4 Å². The second kappa shape index (κ2) is 11.3. The van der Waals surface area contributed by atoms with Gasteiger partial charge in [0.1, 0.15) is 30.1 Å². The summed E-state index contributed by atoms with van der Waals surface area (Å²) in [7, 11) is 6.67. The average molecular weight is 676 g/mol. The summed E-state index contributed by atoms with van der Waals surface area (Å²) in [6, 6.07) is 0.0971. The Morgan fingerprint density at radius 3 is 2.42 bits per heavy atom. The number of primary amides is 1. The number of aliphatic hydroxyl groups is 3. The predicted molar refractivity (Wildman–Crippen MR) is 156 cm³/mol. The monoisotopic (exact) mass is 675 g/mol. The van der Waals surface area contributed by atoms with Crippen molar-refractivity contribution in [3.05, 3.63) is 39.7 Å². The second-order valence-electron chi connectivity index (χ2n) is 11.0. The molecule has 0 saturated heterocycles. The van der Waals surface area contributed by atoms with Gasteiger partial charge in [-0.25, -0.2) is 4.39 Å². The van der Waals surface area contributed by atoms with Crippen LogP contribution in [-0.4, -0.2) is 95.9 Å². The van der Waals surface area contributed by atoms with Crippen molar-refractivity contribution in [2.45, 2.75) is 44.0 Å². The summed E-state index contributed by atoms with van der Waals surface area (Å²) in [6.45, 7) is 1.09. The van der Waals surface area contributed by atoms with Gasteiger partial charge >= 0.3 is 0 Å². The lowest BCUT2D eigenvalue weighted by atomic mass is 9.57.